The highest BCUT2D eigenvalue weighted by molar-refractivity contribution is 6.17. The molecule has 1 aromatic heterocycles. The van der Waals surface area contributed by atoms with E-state index >= 15 is 0 Å². The Morgan fingerprint density at radius 2 is 1.88 bits per heavy atom. The molecule has 0 aromatic carbocycles. The van der Waals surface area contributed by atoms with Crippen molar-refractivity contribution in [3.8, 4) is 0 Å². The fourth-order valence-electron chi connectivity index (χ4n) is 1.14. The van der Waals surface area contributed by atoms with Crippen LogP contribution in [0.2, 0.25) is 0 Å². The highest BCUT2D eigenvalue weighted by atomic mass is 35.5. The quantitative estimate of drug-likeness (QED) is 0.448. The molecular weight excluding hydrogens is 260 g/mol. The molecule has 1 rings (SSSR count). The first-order valence-electron chi connectivity index (χ1n) is 3.88. The van der Waals surface area contributed by atoms with Crippen LogP contribution in [0.25, 0.3) is 0 Å². The van der Waals surface area contributed by atoms with Gasteiger partial charge in [0.1, 0.15) is 0 Å². The van der Waals surface area contributed by atoms with E-state index in [1.807, 2.05) is 0 Å². The molecule has 0 aliphatic carbocycles. The van der Waals surface area contributed by atoms with Crippen molar-refractivity contribution < 1.29 is 26.3 Å². The standard InChI is InChI=1S/C8H4ClF6N/c9-2-3-1-4(10)16-6(8(13,14)15)5(3)7(11)12/h1,7H,2H2. The summed E-state index contributed by atoms with van der Waals surface area (Å²) in [6.07, 6.45) is -8.56. The third-order valence-electron chi connectivity index (χ3n) is 1.74. The van der Waals surface area contributed by atoms with E-state index in [2.05, 4.69) is 4.98 Å². The summed E-state index contributed by atoms with van der Waals surface area (Å²) in [5, 5.41) is 0. The zero-order valence-corrected chi connectivity index (χ0v) is 8.21. The van der Waals surface area contributed by atoms with Gasteiger partial charge in [0.15, 0.2) is 5.69 Å². The lowest BCUT2D eigenvalue weighted by molar-refractivity contribution is -0.143. The minimum atomic E-state index is -5.14. The Morgan fingerprint density at radius 1 is 1.31 bits per heavy atom. The van der Waals surface area contributed by atoms with Crippen molar-refractivity contribution in [1.82, 2.24) is 4.98 Å². The van der Waals surface area contributed by atoms with Gasteiger partial charge in [-0.15, -0.1) is 11.6 Å². The second-order valence-corrected chi connectivity index (χ2v) is 3.07. The number of hydrogen-bond acceptors (Lipinski definition) is 1. The van der Waals surface area contributed by atoms with Crippen LogP contribution in [0.15, 0.2) is 6.07 Å². The monoisotopic (exact) mass is 263 g/mol. The van der Waals surface area contributed by atoms with Crippen molar-refractivity contribution in [2.24, 2.45) is 0 Å². The molecule has 8 heteroatoms. The lowest BCUT2D eigenvalue weighted by Crippen LogP contribution is -2.15. The van der Waals surface area contributed by atoms with Gasteiger partial charge in [-0.05, 0) is 11.6 Å². The Morgan fingerprint density at radius 3 is 2.25 bits per heavy atom. The van der Waals surface area contributed by atoms with E-state index in [0.29, 0.717) is 6.07 Å². The lowest BCUT2D eigenvalue weighted by atomic mass is 10.1. The van der Waals surface area contributed by atoms with E-state index in [1.54, 1.807) is 0 Å². The van der Waals surface area contributed by atoms with Gasteiger partial charge in [-0.25, -0.2) is 13.8 Å². The van der Waals surface area contributed by atoms with Crippen LogP contribution in [0.5, 0.6) is 0 Å². The summed E-state index contributed by atoms with van der Waals surface area (Å²) in [5.74, 6) is -2.14. The first kappa shape index (κ1) is 13.1. The first-order chi connectivity index (χ1) is 7.27. The molecule has 0 bridgehead atoms. The normalized spacial score (nSPS) is 12.2. The average molecular weight is 264 g/mol. The molecular formula is C8H4ClF6N. The van der Waals surface area contributed by atoms with Crippen LogP contribution in [-0.2, 0) is 12.1 Å². The van der Waals surface area contributed by atoms with Gasteiger partial charge in [0.25, 0.3) is 6.43 Å². The summed E-state index contributed by atoms with van der Waals surface area (Å²) < 4.78 is 74.4. The summed E-state index contributed by atoms with van der Waals surface area (Å²) >= 11 is 5.18. The predicted molar refractivity (Wildman–Crippen MR) is 43.7 cm³/mol. The van der Waals surface area contributed by atoms with Gasteiger partial charge >= 0.3 is 6.18 Å². The second-order valence-electron chi connectivity index (χ2n) is 2.80. The molecule has 0 amide bonds. The summed E-state index contributed by atoms with van der Waals surface area (Å²) in [6, 6.07) is 0.462. The van der Waals surface area contributed by atoms with E-state index in [4.69, 9.17) is 11.6 Å². The topological polar surface area (TPSA) is 12.9 Å². The van der Waals surface area contributed by atoms with Gasteiger partial charge in [0, 0.05) is 5.88 Å². The van der Waals surface area contributed by atoms with Gasteiger partial charge in [0.2, 0.25) is 5.95 Å². The number of hydrogen-bond donors (Lipinski definition) is 0. The molecule has 16 heavy (non-hydrogen) atoms. The molecule has 0 aliphatic heterocycles. The fourth-order valence-corrected chi connectivity index (χ4v) is 1.36. The molecule has 0 aliphatic rings. The van der Waals surface area contributed by atoms with Crippen LogP contribution >= 0.6 is 11.6 Å². The van der Waals surface area contributed by atoms with Crippen molar-refractivity contribution in [2.75, 3.05) is 0 Å². The highest BCUT2D eigenvalue weighted by Gasteiger charge is 2.39. The van der Waals surface area contributed by atoms with E-state index in [9.17, 15) is 26.3 Å². The van der Waals surface area contributed by atoms with Crippen LogP contribution in [0.1, 0.15) is 23.2 Å². The number of nitrogens with zero attached hydrogens (tertiary/aromatic N) is 1. The zero-order valence-electron chi connectivity index (χ0n) is 7.45. The molecule has 0 fully saturated rings. The molecule has 90 valence electrons. The van der Waals surface area contributed by atoms with Crippen molar-refractivity contribution in [3.63, 3.8) is 0 Å². The third-order valence-corrected chi connectivity index (χ3v) is 2.03. The zero-order chi connectivity index (χ0) is 12.5. The highest BCUT2D eigenvalue weighted by Crippen LogP contribution is 2.37. The third kappa shape index (κ3) is 2.58. The van der Waals surface area contributed by atoms with Crippen LogP contribution < -0.4 is 0 Å². The van der Waals surface area contributed by atoms with E-state index < -0.39 is 41.3 Å². The molecule has 0 unspecified atom stereocenters. The molecule has 0 saturated heterocycles. The van der Waals surface area contributed by atoms with Gasteiger partial charge in [-0.1, -0.05) is 0 Å². The van der Waals surface area contributed by atoms with Crippen LogP contribution in [0.3, 0.4) is 0 Å². The van der Waals surface area contributed by atoms with Crippen molar-refractivity contribution in [1.29, 1.82) is 0 Å². The maximum absolute atomic E-state index is 12.7. The Hall–Kier alpha value is -0.980. The molecule has 0 spiro atoms. The molecule has 0 saturated carbocycles. The number of pyridine rings is 1. The molecule has 1 aromatic rings. The minimum absolute atomic E-state index is 0.462. The SMILES string of the molecule is Fc1cc(CCl)c(C(F)F)c(C(F)(F)F)n1. The first-order valence-corrected chi connectivity index (χ1v) is 4.41. The van der Waals surface area contributed by atoms with Crippen molar-refractivity contribution >= 4 is 11.6 Å². The van der Waals surface area contributed by atoms with Gasteiger partial charge in [-0.3, -0.25) is 0 Å². The summed E-state index contributed by atoms with van der Waals surface area (Å²) in [4.78, 5) is 2.44. The van der Waals surface area contributed by atoms with Crippen molar-refractivity contribution in [3.05, 3.63) is 28.8 Å². The van der Waals surface area contributed by atoms with E-state index in [1.165, 1.54) is 0 Å². The minimum Gasteiger partial charge on any atom is -0.215 e. The lowest BCUT2D eigenvalue weighted by Gasteiger charge is -2.14. The second kappa shape index (κ2) is 4.48. The number of aromatic nitrogens is 1. The number of halogens is 7. The molecule has 0 N–H and O–H groups in total. The summed E-state index contributed by atoms with van der Waals surface area (Å²) in [6.45, 7) is 0. The average Bonchev–Trinajstić information content (AvgIpc) is 2.14. The smallest absolute Gasteiger partial charge is 0.215 e. The fraction of sp³-hybridized carbons (Fsp3) is 0.375. The Kier molecular flexibility index (Phi) is 3.67. The molecule has 1 heterocycles. The molecule has 0 atom stereocenters. The summed E-state index contributed by atoms with van der Waals surface area (Å²) in [5.41, 5.74) is -3.92. The summed E-state index contributed by atoms with van der Waals surface area (Å²) in [7, 11) is 0. The van der Waals surface area contributed by atoms with Gasteiger partial charge in [-0.2, -0.15) is 17.6 Å². The predicted octanol–water partition coefficient (Wildman–Crippen LogP) is 3.92. The van der Waals surface area contributed by atoms with Crippen molar-refractivity contribution in [2.45, 2.75) is 18.5 Å². The maximum atomic E-state index is 12.7. The van der Waals surface area contributed by atoms with Crippen LogP contribution in [-0.4, -0.2) is 4.98 Å². The maximum Gasteiger partial charge on any atom is 0.433 e. The van der Waals surface area contributed by atoms with E-state index in [0.717, 1.165) is 0 Å². The van der Waals surface area contributed by atoms with Gasteiger partial charge < -0.3 is 0 Å². The number of alkyl halides is 6. The Labute approximate surface area is 91.0 Å². The molecule has 1 nitrogen and oxygen atoms in total. The Balaban J connectivity index is 3.51. The largest absolute Gasteiger partial charge is 0.433 e. The van der Waals surface area contributed by atoms with Crippen LogP contribution in [0, 0.1) is 5.95 Å². The van der Waals surface area contributed by atoms with Crippen LogP contribution in [0.4, 0.5) is 26.3 Å². The number of rotatable bonds is 2. The Bertz CT molecular complexity index is 389. The van der Waals surface area contributed by atoms with E-state index in [-0.39, 0.29) is 0 Å². The molecule has 0 radical (unpaired) electrons. The van der Waals surface area contributed by atoms with Gasteiger partial charge in [0.05, 0.1) is 5.56 Å².